The number of hydrogen-bond acceptors (Lipinski definition) is 3. The number of imidazole rings is 1. The molecule has 0 aliphatic carbocycles. The summed E-state index contributed by atoms with van der Waals surface area (Å²) in [5, 5.41) is 10.9. The maximum atomic E-state index is 10.9. The van der Waals surface area contributed by atoms with E-state index in [4.69, 9.17) is 4.98 Å². The van der Waals surface area contributed by atoms with Crippen molar-refractivity contribution in [3.8, 4) is 11.4 Å². The third-order valence-corrected chi connectivity index (χ3v) is 4.89. The van der Waals surface area contributed by atoms with E-state index in [0.29, 0.717) is 0 Å². The van der Waals surface area contributed by atoms with Gasteiger partial charge in [-0.2, -0.15) is 0 Å². The predicted molar refractivity (Wildman–Crippen MR) is 107 cm³/mol. The maximum absolute atomic E-state index is 10.9. The molecule has 1 heterocycles. The molecule has 0 amide bonds. The average Bonchev–Trinajstić information content (AvgIpc) is 3.14. The van der Waals surface area contributed by atoms with Crippen molar-refractivity contribution in [3.05, 3.63) is 94.0 Å². The van der Waals surface area contributed by atoms with E-state index in [2.05, 4.69) is 42.2 Å². The first-order chi connectivity index (χ1) is 13.2. The molecule has 0 aliphatic heterocycles. The van der Waals surface area contributed by atoms with Gasteiger partial charge in [0, 0.05) is 23.6 Å². The highest BCUT2D eigenvalue weighted by molar-refractivity contribution is 5.83. The lowest BCUT2D eigenvalue weighted by Crippen LogP contribution is -2.00. The van der Waals surface area contributed by atoms with Gasteiger partial charge < -0.3 is 4.98 Å². The van der Waals surface area contributed by atoms with E-state index >= 15 is 0 Å². The molecule has 0 aliphatic rings. The first-order valence-corrected chi connectivity index (χ1v) is 8.95. The molecule has 5 heteroatoms. The summed E-state index contributed by atoms with van der Waals surface area (Å²) in [5.41, 5.74) is 5.30. The third kappa shape index (κ3) is 3.19. The van der Waals surface area contributed by atoms with Crippen LogP contribution in [0.15, 0.2) is 72.8 Å². The van der Waals surface area contributed by atoms with Gasteiger partial charge in [-0.25, -0.2) is 4.98 Å². The Balaban J connectivity index is 1.79. The van der Waals surface area contributed by atoms with E-state index < -0.39 is 4.92 Å². The number of nitro groups is 1. The van der Waals surface area contributed by atoms with E-state index in [1.807, 2.05) is 18.2 Å². The Morgan fingerprint density at radius 3 is 2.41 bits per heavy atom. The summed E-state index contributed by atoms with van der Waals surface area (Å²) < 4.78 is 0. The first-order valence-electron chi connectivity index (χ1n) is 8.95. The third-order valence-electron chi connectivity index (χ3n) is 4.89. The molecular weight excluding hydrogens is 338 g/mol. The van der Waals surface area contributed by atoms with Crippen LogP contribution in [0.4, 0.5) is 5.69 Å². The molecule has 0 saturated heterocycles. The fraction of sp³-hybridized carbons (Fsp3) is 0.136. The highest BCUT2D eigenvalue weighted by atomic mass is 16.6. The summed E-state index contributed by atoms with van der Waals surface area (Å²) in [5.74, 6) is 0.996. The van der Waals surface area contributed by atoms with Crippen molar-refractivity contribution < 1.29 is 4.92 Å². The van der Waals surface area contributed by atoms with E-state index in [-0.39, 0.29) is 11.6 Å². The van der Waals surface area contributed by atoms with Crippen molar-refractivity contribution in [1.29, 1.82) is 0 Å². The molecule has 0 bridgehead atoms. The number of benzene rings is 3. The van der Waals surface area contributed by atoms with Gasteiger partial charge in [-0.15, -0.1) is 0 Å². The number of rotatable bonds is 5. The van der Waals surface area contributed by atoms with Crippen molar-refractivity contribution in [1.82, 2.24) is 9.97 Å². The number of H-pyrrole nitrogens is 1. The molecule has 0 saturated carbocycles. The van der Waals surface area contributed by atoms with Crippen LogP contribution in [0.2, 0.25) is 0 Å². The fourth-order valence-electron chi connectivity index (χ4n) is 3.54. The Morgan fingerprint density at radius 2 is 1.74 bits per heavy atom. The molecule has 1 N–H and O–H groups in total. The van der Waals surface area contributed by atoms with Gasteiger partial charge in [0.05, 0.1) is 16.0 Å². The van der Waals surface area contributed by atoms with Gasteiger partial charge in [0.1, 0.15) is 5.82 Å². The summed E-state index contributed by atoms with van der Waals surface area (Å²) in [6.45, 7) is 2.18. The standard InChI is InChI=1S/C22H19N3O2/c1-2-18(15-7-4-3-5-8-15)19-9-6-10-20-21(19)24-22(23-20)16-11-13-17(14-12-16)25(26)27/h3-14,18H,2H2,1H3,(H,23,24). The average molecular weight is 357 g/mol. The van der Waals surface area contributed by atoms with E-state index in [1.54, 1.807) is 12.1 Å². The normalized spacial score (nSPS) is 12.2. The van der Waals surface area contributed by atoms with Gasteiger partial charge in [-0.1, -0.05) is 49.4 Å². The number of hydrogen-bond donors (Lipinski definition) is 1. The van der Waals surface area contributed by atoms with E-state index in [9.17, 15) is 10.1 Å². The number of aromatic amines is 1. The molecular formula is C22H19N3O2. The number of nitro benzene ring substituents is 1. The summed E-state index contributed by atoms with van der Waals surface area (Å²) in [7, 11) is 0. The largest absolute Gasteiger partial charge is 0.338 e. The number of para-hydroxylation sites is 1. The molecule has 0 radical (unpaired) electrons. The van der Waals surface area contributed by atoms with Crippen LogP contribution >= 0.6 is 0 Å². The van der Waals surface area contributed by atoms with Crippen LogP contribution in [0.5, 0.6) is 0 Å². The Morgan fingerprint density at radius 1 is 1.00 bits per heavy atom. The molecule has 1 atom stereocenters. The molecule has 4 rings (SSSR count). The Kier molecular flexibility index (Phi) is 4.42. The van der Waals surface area contributed by atoms with Gasteiger partial charge in [-0.3, -0.25) is 10.1 Å². The van der Waals surface area contributed by atoms with Gasteiger partial charge in [0.25, 0.3) is 5.69 Å². The Labute approximate surface area is 156 Å². The maximum Gasteiger partial charge on any atom is 0.269 e. The van der Waals surface area contributed by atoms with Crippen LogP contribution in [-0.2, 0) is 0 Å². The van der Waals surface area contributed by atoms with Gasteiger partial charge in [-0.05, 0) is 35.7 Å². The monoisotopic (exact) mass is 357 g/mol. The van der Waals surface area contributed by atoms with Gasteiger partial charge in [0.2, 0.25) is 0 Å². The second kappa shape index (κ2) is 7.03. The second-order valence-corrected chi connectivity index (χ2v) is 6.50. The van der Waals surface area contributed by atoms with Crippen molar-refractivity contribution >= 4 is 16.7 Å². The Bertz CT molecular complexity index is 1090. The minimum absolute atomic E-state index is 0.0747. The fourth-order valence-corrected chi connectivity index (χ4v) is 3.54. The summed E-state index contributed by atoms with van der Waals surface area (Å²) >= 11 is 0. The van der Waals surface area contributed by atoms with Crippen LogP contribution in [-0.4, -0.2) is 14.9 Å². The molecule has 1 aromatic heterocycles. The first kappa shape index (κ1) is 17.0. The minimum Gasteiger partial charge on any atom is -0.338 e. The van der Waals surface area contributed by atoms with Crippen LogP contribution in [0.1, 0.15) is 30.4 Å². The Hall–Kier alpha value is -3.47. The molecule has 134 valence electrons. The van der Waals surface area contributed by atoms with Crippen molar-refractivity contribution in [2.24, 2.45) is 0 Å². The molecule has 1 unspecified atom stereocenters. The zero-order valence-electron chi connectivity index (χ0n) is 14.9. The lowest BCUT2D eigenvalue weighted by atomic mass is 9.88. The van der Waals surface area contributed by atoms with Crippen molar-refractivity contribution in [3.63, 3.8) is 0 Å². The minimum atomic E-state index is -0.397. The predicted octanol–water partition coefficient (Wildman–Crippen LogP) is 5.68. The number of fused-ring (bicyclic) bond motifs is 1. The van der Waals surface area contributed by atoms with Gasteiger partial charge in [0.15, 0.2) is 0 Å². The number of nitrogens with zero attached hydrogens (tertiary/aromatic N) is 2. The van der Waals surface area contributed by atoms with Crippen LogP contribution in [0.25, 0.3) is 22.4 Å². The molecule has 4 aromatic rings. The molecule has 27 heavy (non-hydrogen) atoms. The second-order valence-electron chi connectivity index (χ2n) is 6.50. The molecule has 5 nitrogen and oxygen atoms in total. The van der Waals surface area contributed by atoms with Crippen LogP contribution in [0, 0.1) is 10.1 Å². The number of aromatic nitrogens is 2. The summed E-state index contributed by atoms with van der Waals surface area (Å²) in [6.07, 6.45) is 0.981. The summed E-state index contributed by atoms with van der Waals surface area (Å²) in [6, 6.07) is 23.1. The summed E-state index contributed by atoms with van der Waals surface area (Å²) in [4.78, 5) is 18.6. The number of nitrogens with one attached hydrogen (secondary N) is 1. The van der Waals surface area contributed by atoms with Crippen molar-refractivity contribution in [2.45, 2.75) is 19.3 Å². The van der Waals surface area contributed by atoms with Crippen molar-refractivity contribution in [2.75, 3.05) is 0 Å². The molecule has 0 fully saturated rings. The smallest absolute Gasteiger partial charge is 0.269 e. The van der Waals surface area contributed by atoms with Crippen LogP contribution in [0.3, 0.4) is 0 Å². The van der Waals surface area contributed by atoms with E-state index in [1.165, 1.54) is 23.3 Å². The number of non-ortho nitro benzene ring substituents is 1. The highest BCUT2D eigenvalue weighted by Gasteiger charge is 2.17. The van der Waals surface area contributed by atoms with Gasteiger partial charge >= 0.3 is 0 Å². The lowest BCUT2D eigenvalue weighted by molar-refractivity contribution is -0.384. The SMILES string of the molecule is CCC(c1ccccc1)c1cccc2nc(-c3ccc([N+](=O)[O-])cc3)[nH]c12. The zero-order chi connectivity index (χ0) is 18.8. The molecule has 3 aromatic carbocycles. The molecule has 0 spiro atoms. The highest BCUT2D eigenvalue weighted by Crippen LogP contribution is 2.33. The topological polar surface area (TPSA) is 71.8 Å². The van der Waals surface area contributed by atoms with Crippen LogP contribution < -0.4 is 0 Å². The van der Waals surface area contributed by atoms with E-state index in [0.717, 1.165) is 28.8 Å². The quantitative estimate of drug-likeness (QED) is 0.369. The zero-order valence-corrected chi connectivity index (χ0v) is 14.9. The lowest BCUT2D eigenvalue weighted by Gasteiger charge is -2.16.